The van der Waals surface area contributed by atoms with Crippen molar-refractivity contribution in [3.8, 4) is 0 Å². The first kappa shape index (κ1) is 19.9. The average Bonchev–Trinajstić information content (AvgIpc) is 2.61. The zero-order valence-corrected chi connectivity index (χ0v) is 15.6. The van der Waals surface area contributed by atoms with Gasteiger partial charge >= 0.3 is 7.82 Å². The predicted octanol–water partition coefficient (Wildman–Crippen LogP) is 5.05. The molecule has 0 atom stereocenters. The maximum absolute atomic E-state index is 10.6. The lowest BCUT2D eigenvalue weighted by Gasteiger charge is -2.31. The van der Waals surface area contributed by atoms with Crippen molar-refractivity contribution >= 4 is 7.82 Å². The average molecular weight is 362 g/mol. The Labute approximate surface area is 150 Å². The SMILES string of the molecule is CC(CCCCCCOP(=O)(O)O)(c1ccccc1)c1ccccc1. The van der Waals surface area contributed by atoms with Crippen LogP contribution in [-0.2, 0) is 14.5 Å². The van der Waals surface area contributed by atoms with Crippen LogP contribution in [0.25, 0.3) is 0 Å². The van der Waals surface area contributed by atoms with Crippen LogP contribution in [-0.4, -0.2) is 16.4 Å². The highest BCUT2D eigenvalue weighted by Crippen LogP contribution is 2.37. The van der Waals surface area contributed by atoms with Crippen molar-refractivity contribution in [3.05, 3.63) is 71.8 Å². The summed E-state index contributed by atoms with van der Waals surface area (Å²) in [5.41, 5.74) is 2.59. The van der Waals surface area contributed by atoms with Crippen molar-refractivity contribution in [2.75, 3.05) is 6.61 Å². The Hall–Kier alpha value is -1.45. The molecule has 4 nitrogen and oxygen atoms in total. The van der Waals surface area contributed by atoms with Crippen molar-refractivity contribution in [2.24, 2.45) is 0 Å². The number of phosphoric acid groups is 1. The molecule has 0 fully saturated rings. The van der Waals surface area contributed by atoms with E-state index in [4.69, 9.17) is 9.79 Å². The third kappa shape index (κ3) is 6.41. The number of hydrogen-bond acceptors (Lipinski definition) is 2. The van der Waals surface area contributed by atoms with Gasteiger partial charge in [-0.05, 0) is 24.0 Å². The minimum absolute atomic E-state index is 0.0368. The summed E-state index contributed by atoms with van der Waals surface area (Å²) >= 11 is 0. The minimum atomic E-state index is -4.33. The predicted molar refractivity (Wildman–Crippen MR) is 100 cm³/mol. The highest BCUT2D eigenvalue weighted by atomic mass is 31.2. The molecule has 0 aromatic heterocycles. The molecular weight excluding hydrogens is 335 g/mol. The summed E-state index contributed by atoms with van der Waals surface area (Å²) in [4.78, 5) is 17.3. The topological polar surface area (TPSA) is 66.8 Å². The highest BCUT2D eigenvalue weighted by Gasteiger charge is 2.27. The molecule has 0 spiro atoms. The van der Waals surface area contributed by atoms with Gasteiger partial charge in [0.15, 0.2) is 0 Å². The lowest BCUT2D eigenvalue weighted by Crippen LogP contribution is -2.23. The number of unbranched alkanes of at least 4 members (excludes halogenated alkanes) is 3. The minimum Gasteiger partial charge on any atom is -0.303 e. The van der Waals surface area contributed by atoms with Gasteiger partial charge in [-0.1, -0.05) is 86.8 Å². The second-order valence-corrected chi connectivity index (χ2v) is 7.79. The second kappa shape index (κ2) is 9.30. The molecule has 0 aliphatic carbocycles. The van der Waals surface area contributed by atoms with Crippen molar-refractivity contribution in [3.63, 3.8) is 0 Å². The summed E-state index contributed by atoms with van der Waals surface area (Å²) in [6.07, 6.45) is 4.66. The normalized spacial score (nSPS) is 12.3. The molecule has 0 bridgehead atoms. The van der Waals surface area contributed by atoms with E-state index in [9.17, 15) is 4.57 Å². The van der Waals surface area contributed by atoms with E-state index < -0.39 is 7.82 Å². The molecule has 0 aliphatic heterocycles. The summed E-state index contributed by atoms with van der Waals surface area (Å²) in [6.45, 7) is 2.40. The summed E-state index contributed by atoms with van der Waals surface area (Å²) in [5, 5.41) is 0. The van der Waals surface area contributed by atoms with E-state index in [-0.39, 0.29) is 12.0 Å². The molecule has 2 aromatic carbocycles. The van der Waals surface area contributed by atoms with E-state index in [0.717, 1.165) is 25.7 Å². The van der Waals surface area contributed by atoms with Crippen molar-refractivity contribution in [2.45, 2.75) is 44.4 Å². The van der Waals surface area contributed by atoms with Gasteiger partial charge in [-0.15, -0.1) is 0 Å². The largest absolute Gasteiger partial charge is 0.469 e. The molecular formula is C20H27O4P. The molecule has 25 heavy (non-hydrogen) atoms. The van der Waals surface area contributed by atoms with Gasteiger partial charge in [-0.25, -0.2) is 4.57 Å². The summed E-state index contributed by atoms with van der Waals surface area (Å²) in [5.74, 6) is 0. The zero-order valence-electron chi connectivity index (χ0n) is 14.7. The lowest BCUT2D eigenvalue weighted by molar-refractivity contribution is 0.193. The first-order valence-electron chi connectivity index (χ1n) is 8.73. The maximum atomic E-state index is 10.6. The van der Waals surface area contributed by atoms with E-state index in [1.807, 2.05) is 12.1 Å². The number of rotatable bonds is 10. The van der Waals surface area contributed by atoms with Crippen molar-refractivity contribution in [1.82, 2.24) is 0 Å². The van der Waals surface area contributed by atoms with Crippen LogP contribution in [0.2, 0.25) is 0 Å². The third-order valence-electron chi connectivity index (χ3n) is 4.65. The molecule has 136 valence electrons. The van der Waals surface area contributed by atoms with Gasteiger partial charge in [0.25, 0.3) is 0 Å². The van der Waals surface area contributed by atoms with Crippen molar-refractivity contribution < 1.29 is 18.9 Å². The molecule has 0 amide bonds. The van der Waals surface area contributed by atoms with Crippen LogP contribution >= 0.6 is 7.82 Å². The highest BCUT2D eigenvalue weighted by molar-refractivity contribution is 7.46. The van der Waals surface area contributed by atoms with E-state index >= 15 is 0 Å². The zero-order chi connectivity index (χ0) is 18.2. The molecule has 2 N–H and O–H groups in total. The third-order valence-corrected chi connectivity index (χ3v) is 5.17. The van der Waals surface area contributed by atoms with Gasteiger partial charge in [0.1, 0.15) is 0 Å². The Bertz CT molecular complexity index is 627. The van der Waals surface area contributed by atoms with Gasteiger partial charge in [-0.3, -0.25) is 4.52 Å². The molecule has 0 saturated carbocycles. The van der Waals surface area contributed by atoms with E-state index in [0.29, 0.717) is 6.42 Å². The van der Waals surface area contributed by atoms with Crippen LogP contribution in [0.5, 0.6) is 0 Å². The Kier molecular flexibility index (Phi) is 7.39. The van der Waals surface area contributed by atoms with Gasteiger partial charge in [0, 0.05) is 5.41 Å². The summed E-state index contributed by atoms with van der Waals surface area (Å²) in [7, 11) is -4.33. The number of phosphoric ester groups is 1. The van der Waals surface area contributed by atoms with E-state index in [1.165, 1.54) is 11.1 Å². The Morgan fingerprint density at radius 2 is 1.32 bits per heavy atom. The van der Waals surface area contributed by atoms with E-state index in [2.05, 4.69) is 60.0 Å². The molecule has 0 saturated heterocycles. The molecule has 0 heterocycles. The first-order valence-corrected chi connectivity index (χ1v) is 10.3. The van der Waals surface area contributed by atoms with Gasteiger partial charge in [0.2, 0.25) is 0 Å². The Morgan fingerprint density at radius 1 is 0.840 bits per heavy atom. The molecule has 2 rings (SSSR count). The fourth-order valence-corrected chi connectivity index (χ4v) is 3.55. The Morgan fingerprint density at radius 3 is 1.80 bits per heavy atom. The standard InChI is InChI=1S/C20H27O4P/c1-20(18-12-6-4-7-13-18,19-14-8-5-9-15-19)16-10-2-3-11-17-24-25(21,22)23/h4-9,12-15H,2-3,10-11,16-17H2,1H3,(H2,21,22,23). The monoisotopic (exact) mass is 362 g/mol. The fourth-order valence-electron chi connectivity index (χ4n) is 3.18. The fraction of sp³-hybridized carbons (Fsp3) is 0.400. The molecule has 0 aliphatic rings. The van der Waals surface area contributed by atoms with Crippen LogP contribution in [0, 0.1) is 0 Å². The van der Waals surface area contributed by atoms with E-state index in [1.54, 1.807) is 0 Å². The van der Waals surface area contributed by atoms with Crippen LogP contribution in [0.4, 0.5) is 0 Å². The quantitative estimate of drug-likeness (QED) is 0.458. The van der Waals surface area contributed by atoms with Crippen LogP contribution in [0.15, 0.2) is 60.7 Å². The Balaban J connectivity index is 1.91. The number of hydrogen-bond donors (Lipinski definition) is 2. The lowest BCUT2D eigenvalue weighted by atomic mass is 9.72. The molecule has 0 unspecified atom stereocenters. The summed E-state index contributed by atoms with van der Waals surface area (Å²) in [6, 6.07) is 21.1. The first-order chi connectivity index (χ1) is 11.9. The van der Waals surface area contributed by atoms with Crippen LogP contribution < -0.4 is 0 Å². The van der Waals surface area contributed by atoms with Gasteiger partial charge in [-0.2, -0.15) is 0 Å². The van der Waals surface area contributed by atoms with Crippen LogP contribution in [0.1, 0.15) is 50.2 Å². The second-order valence-electron chi connectivity index (χ2n) is 6.55. The molecule has 5 heteroatoms. The van der Waals surface area contributed by atoms with Crippen molar-refractivity contribution in [1.29, 1.82) is 0 Å². The van der Waals surface area contributed by atoms with Crippen LogP contribution in [0.3, 0.4) is 0 Å². The summed E-state index contributed by atoms with van der Waals surface area (Å²) < 4.78 is 15.1. The maximum Gasteiger partial charge on any atom is 0.469 e. The smallest absolute Gasteiger partial charge is 0.303 e. The van der Waals surface area contributed by atoms with Gasteiger partial charge in [0.05, 0.1) is 6.61 Å². The number of benzene rings is 2. The molecule has 0 radical (unpaired) electrons. The van der Waals surface area contributed by atoms with Gasteiger partial charge < -0.3 is 9.79 Å². The molecule has 2 aromatic rings.